The summed E-state index contributed by atoms with van der Waals surface area (Å²) in [7, 11) is -4.20. The van der Waals surface area contributed by atoms with Crippen LogP contribution in [-0.2, 0) is 26.8 Å². The van der Waals surface area contributed by atoms with Crippen LogP contribution in [0.1, 0.15) is 55.1 Å². The number of ketones is 2. The molecule has 1 aliphatic carbocycles. The highest BCUT2D eigenvalue weighted by Crippen LogP contribution is 2.44. The van der Waals surface area contributed by atoms with Crippen LogP contribution < -0.4 is 5.32 Å². The lowest BCUT2D eigenvalue weighted by Gasteiger charge is -2.38. The molecule has 1 unspecified atom stereocenters. The summed E-state index contributed by atoms with van der Waals surface area (Å²) < 4.78 is 29.9. The third-order valence-corrected chi connectivity index (χ3v) is 8.68. The van der Waals surface area contributed by atoms with Gasteiger partial charge in [-0.2, -0.15) is 8.42 Å². The molecule has 0 radical (unpaired) electrons. The molecule has 2 aliphatic rings. The number of benzene rings is 1. The molecule has 1 N–H and O–H groups in total. The largest absolute Gasteiger partial charge is 0.333 e. The highest BCUT2D eigenvalue weighted by molar-refractivity contribution is 7.90. The molecule has 0 saturated carbocycles. The van der Waals surface area contributed by atoms with Gasteiger partial charge in [0, 0.05) is 10.5 Å². The fourth-order valence-corrected chi connectivity index (χ4v) is 7.03. The van der Waals surface area contributed by atoms with Crippen LogP contribution in [0.5, 0.6) is 0 Å². The zero-order valence-corrected chi connectivity index (χ0v) is 20.0. The van der Waals surface area contributed by atoms with Crippen molar-refractivity contribution in [3.63, 3.8) is 0 Å². The van der Waals surface area contributed by atoms with Gasteiger partial charge >= 0.3 is 0 Å². The average molecular weight is 486 g/mol. The number of amidine groups is 1. The van der Waals surface area contributed by atoms with Gasteiger partial charge in [-0.3, -0.25) is 9.59 Å². The maximum atomic E-state index is 13.8. The Balaban J connectivity index is 1.81. The van der Waals surface area contributed by atoms with Gasteiger partial charge < -0.3 is 5.32 Å². The normalized spacial score (nSPS) is 23.3. The molecule has 0 fully saturated rings. The Morgan fingerprint density at radius 2 is 2.03 bits per heavy atom. The van der Waals surface area contributed by atoms with Crippen LogP contribution in [0.2, 0.25) is 0 Å². The third-order valence-electron chi connectivity index (χ3n) is 6.19. The second kappa shape index (κ2) is 8.40. The molecule has 9 nitrogen and oxygen atoms in total. The molecule has 0 bridgehead atoms. The van der Waals surface area contributed by atoms with E-state index in [9.17, 15) is 18.0 Å². The Bertz CT molecular complexity index is 1340. The molecule has 4 rings (SSSR count). The summed E-state index contributed by atoms with van der Waals surface area (Å²) in [5, 5.41) is 8.18. The van der Waals surface area contributed by atoms with Crippen molar-refractivity contribution in [1.82, 2.24) is 0 Å². The summed E-state index contributed by atoms with van der Waals surface area (Å²) in [4.78, 5) is 29.8. The van der Waals surface area contributed by atoms with Crippen molar-refractivity contribution in [2.24, 2.45) is 21.3 Å². The minimum Gasteiger partial charge on any atom is -0.333 e. The Morgan fingerprint density at radius 3 is 2.73 bits per heavy atom. The molecule has 2 aromatic rings. The van der Waals surface area contributed by atoms with Gasteiger partial charge in [0.25, 0.3) is 10.0 Å². The number of azide groups is 1. The predicted molar refractivity (Wildman–Crippen MR) is 126 cm³/mol. The lowest BCUT2D eigenvalue weighted by molar-refractivity contribution is -0.125. The van der Waals surface area contributed by atoms with Crippen molar-refractivity contribution in [2.45, 2.75) is 50.5 Å². The van der Waals surface area contributed by atoms with Gasteiger partial charge in [0.1, 0.15) is 21.7 Å². The van der Waals surface area contributed by atoms with Crippen LogP contribution in [0.4, 0.5) is 5.00 Å². The molecule has 11 heteroatoms. The topological polar surface area (TPSA) is 141 Å². The lowest BCUT2D eigenvalue weighted by atomic mass is 9.63. The number of hydrogen-bond acceptors (Lipinski definition) is 7. The molecule has 0 amide bonds. The second-order valence-corrected chi connectivity index (χ2v) is 11.3. The summed E-state index contributed by atoms with van der Waals surface area (Å²) in [5.74, 6) is -2.00. The number of Topliss-reactive ketones (excluding diaryl/α,β-unsaturated/α-hetero) is 2. The van der Waals surface area contributed by atoms with Crippen LogP contribution in [0, 0.1) is 11.8 Å². The minimum atomic E-state index is -4.20. The number of anilines is 1. The predicted octanol–water partition coefficient (Wildman–Crippen LogP) is 4.85. The van der Waals surface area contributed by atoms with Crippen LogP contribution >= 0.6 is 11.3 Å². The van der Waals surface area contributed by atoms with Crippen LogP contribution in [-0.4, -0.2) is 25.8 Å². The van der Waals surface area contributed by atoms with E-state index in [0.29, 0.717) is 29.0 Å². The van der Waals surface area contributed by atoms with Gasteiger partial charge in [-0.25, -0.2) is 0 Å². The number of nitrogens with one attached hydrogen (secondary N) is 1. The number of carbonyl (C=O) groups is 2. The van der Waals surface area contributed by atoms with Crippen molar-refractivity contribution in [2.75, 3.05) is 5.32 Å². The first-order valence-electron chi connectivity index (χ1n) is 10.5. The summed E-state index contributed by atoms with van der Waals surface area (Å²) in [5.41, 5.74) is 9.02. The Morgan fingerprint density at radius 1 is 1.30 bits per heavy atom. The number of rotatable bonds is 6. The standard InChI is InChI=1S/C22H23N5O4S2/c1-12(2)8-9-22(3)15-7-5-4-6-14(15)17(28)16(19(22)29)20-25-21-18(33(30,31)26-20)13(11-32-21)10-24-27-23/h4-7,11-12,16H,8-10H2,1-3H3,(H,25,26)/t16?,22-/m1/s1. The lowest BCUT2D eigenvalue weighted by Crippen LogP contribution is -2.51. The van der Waals surface area contributed by atoms with E-state index >= 15 is 0 Å². The Kier molecular flexibility index (Phi) is 5.90. The average Bonchev–Trinajstić information content (AvgIpc) is 3.19. The van der Waals surface area contributed by atoms with E-state index in [-0.39, 0.29) is 28.1 Å². The summed E-state index contributed by atoms with van der Waals surface area (Å²) in [6, 6.07) is 7.01. The molecule has 33 heavy (non-hydrogen) atoms. The first kappa shape index (κ1) is 23.2. The van der Waals surface area contributed by atoms with Gasteiger partial charge in [0.15, 0.2) is 11.6 Å². The number of thiophene rings is 1. The number of carbonyl (C=O) groups excluding carboxylic acids is 2. The van der Waals surface area contributed by atoms with Crippen molar-refractivity contribution in [3.05, 3.63) is 56.8 Å². The van der Waals surface area contributed by atoms with E-state index in [1.165, 1.54) is 0 Å². The highest BCUT2D eigenvalue weighted by atomic mass is 32.2. The summed E-state index contributed by atoms with van der Waals surface area (Å²) >= 11 is 1.10. The highest BCUT2D eigenvalue weighted by Gasteiger charge is 2.51. The van der Waals surface area contributed by atoms with E-state index < -0.39 is 27.1 Å². The number of fused-ring (bicyclic) bond motifs is 2. The van der Waals surface area contributed by atoms with Crippen molar-refractivity contribution >= 4 is 43.8 Å². The molecule has 1 aromatic heterocycles. The van der Waals surface area contributed by atoms with Crippen LogP contribution in [0.25, 0.3) is 10.4 Å². The van der Waals surface area contributed by atoms with E-state index in [2.05, 4.69) is 33.6 Å². The molecule has 1 aliphatic heterocycles. The van der Waals surface area contributed by atoms with Gasteiger partial charge in [-0.1, -0.05) is 43.2 Å². The number of hydrogen-bond donors (Lipinski definition) is 1. The maximum Gasteiger partial charge on any atom is 0.287 e. The first-order chi connectivity index (χ1) is 15.6. The first-order valence-corrected chi connectivity index (χ1v) is 12.8. The van der Waals surface area contributed by atoms with E-state index in [0.717, 1.165) is 17.8 Å². The SMILES string of the molecule is CC(C)CC[C@@]1(C)C(=O)C(C2=NS(=O)(=O)c3c(CN=[N+]=[N-])csc3N2)C(=O)c2ccccc21. The third kappa shape index (κ3) is 3.86. The second-order valence-electron chi connectivity index (χ2n) is 8.86. The quantitative estimate of drug-likeness (QED) is 0.269. The Hall–Kier alpha value is -3.01. The fraction of sp³-hybridized carbons (Fsp3) is 0.409. The molecule has 0 spiro atoms. The van der Waals surface area contributed by atoms with Crippen molar-refractivity contribution in [3.8, 4) is 0 Å². The number of sulfonamides is 1. The molecule has 172 valence electrons. The minimum absolute atomic E-state index is 0.0812. The zero-order valence-electron chi connectivity index (χ0n) is 18.4. The van der Waals surface area contributed by atoms with Gasteiger partial charge in [-0.05, 0) is 47.7 Å². The summed E-state index contributed by atoms with van der Waals surface area (Å²) in [6.45, 7) is 5.81. The monoisotopic (exact) mass is 485 g/mol. The van der Waals surface area contributed by atoms with Crippen molar-refractivity contribution in [1.29, 1.82) is 0 Å². The molecule has 1 aromatic carbocycles. The molecular formula is C22H23N5O4S2. The van der Waals surface area contributed by atoms with Gasteiger partial charge in [0.05, 0.1) is 12.0 Å². The fourth-order valence-electron chi connectivity index (χ4n) is 4.40. The summed E-state index contributed by atoms with van der Waals surface area (Å²) in [6.07, 6.45) is 1.30. The Labute approximate surface area is 195 Å². The van der Waals surface area contributed by atoms with Crippen molar-refractivity contribution < 1.29 is 18.0 Å². The zero-order chi connectivity index (χ0) is 24.0. The maximum absolute atomic E-state index is 13.8. The number of nitrogens with zero attached hydrogens (tertiary/aromatic N) is 4. The molecule has 0 saturated heterocycles. The van der Waals surface area contributed by atoms with Gasteiger partial charge in [-0.15, -0.1) is 15.7 Å². The van der Waals surface area contributed by atoms with Crippen LogP contribution in [0.3, 0.4) is 0 Å². The molecule has 2 heterocycles. The van der Waals surface area contributed by atoms with E-state index in [1.807, 2.05) is 6.92 Å². The smallest absolute Gasteiger partial charge is 0.287 e. The van der Waals surface area contributed by atoms with Gasteiger partial charge in [0.2, 0.25) is 0 Å². The molecule has 2 atom stereocenters. The van der Waals surface area contributed by atoms with Crippen LogP contribution in [0.15, 0.2) is 44.1 Å². The molecular weight excluding hydrogens is 462 g/mol. The van der Waals surface area contributed by atoms with E-state index in [4.69, 9.17) is 5.53 Å². The van der Waals surface area contributed by atoms with E-state index in [1.54, 1.807) is 29.6 Å².